The van der Waals surface area contributed by atoms with Gasteiger partial charge in [0, 0.05) is 42.8 Å². The van der Waals surface area contributed by atoms with Crippen molar-refractivity contribution in [1.82, 2.24) is 14.8 Å². The summed E-state index contributed by atoms with van der Waals surface area (Å²) >= 11 is 0. The largest absolute Gasteiger partial charge is 0.343 e. The molecule has 26 heavy (non-hydrogen) atoms. The van der Waals surface area contributed by atoms with Gasteiger partial charge in [0.15, 0.2) is 0 Å². The van der Waals surface area contributed by atoms with Crippen LogP contribution in [0.4, 0.5) is 0 Å². The number of para-hydroxylation sites is 1. The van der Waals surface area contributed by atoms with Gasteiger partial charge in [-0.3, -0.25) is 10.1 Å². The highest BCUT2D eigenvalue weighted by atomic mass is 16.2. The number of carbonyl (C=O) groups is 1. The molecule has 1 fully saturated rings. The van der Waals surface area contributed by atoms with Crippen molar-refractivity contribution in [3.8, 4) is 0 Å². The van der Waals surface area contributed by atoms with Crippen LogP contribution in [0.5, 0.6) is 0 Å². The van der Waals surface area contributed by atoms with Crippen LogP contribution in [0, 0.1) is 0 Å². The molecule has 2 aromatic rings. The van der Waals surface area contributed by atoms with Crippen molar-refractivity contribution in [3.05, 3.63) is 35.5 Å². The van der Waals surface area contributed by atoms with Crippen LogP contribution in [0.1, 0.15) is 56.7 Å². The number of carbonyl (C=O) groups excluding carboxylic acids is 1. The molecule has 4 heteroatoms. The fraction of sp³-hybridized carbons (Fsp3) is 0.591. The van der Waals surface area contributed by atoms with Crippen molar-refractivity contribution in [2.24, 2.45) is 0 Å². The fourth-order valence-electron chi connectivity index (χ4n) is 4.64. The van der Waals surface area contributed by atoms with Crippen LogP contribution < -0.4 is 5.32 Å². The van der Waals surface area contributed by atoms with Gasteiger partial charge < -0.3 is 9.47 Å². The number of piperidine rings is 1. The minimum absolute atomic E-state index is 0.0597. The van der Waals surface area contributed by atoms with E-state index in [-0.39, 0.29) is 6.04 Å². The Balaban J connectivity index is 1.60. The van der Waals surface area contributed by atoms with E-state index in [1.165, 1.54) is 47.8 Å². The Kier molecular flexibility index (Phi) is 5.30. The summed E-state index contributed by atoms with van der Waals surface area (Å²) in [6, 6.07) is 8.67. The summed E-state index contributed by atoms with van der Waals surface area (Å²) in [7, 11) is 0. The van der Waals surface area contributed by atoms with Gasteiger partial charge in [0.25, 0.3) is 0 Å². The lowest BCUT2D eigenvalue weighted by atomic mass is 9.97. The molecule has 0 saturated carbocycles. The molecule has 0 aliphatic carbocycles. The number of hydrogen-bond donors (Lipinski definition) is 1. The Hall–Kier alpha value is -1.81. The number of aromatic nitrogens is 1. The van der Waals surface area contributed by atoms with Crippen LogP contribution in [0.3, 0.4) is 0 Å². The Morgan fingerprint density at radius 3 is 2.77 bits per heavy atom. The zero-order valence-corrected chi connectivity index (χ0v) is 16.0. The number of fused-ring (bicyclic) bond motifs is 3. The molecule has 1 N–H and O–H groups in total. The Labute approximate surface area is 156 Å². The quantitative estimate of drug-likeness (QED) is 0.829. The Morgan fingerprint density at radius 1 is 1.15 bits per heavy atom. The van der Waals surface area contributed by atoms with Crippen LogP contribution in [0.25, 0.3) is 10.9 Å². The average molecular weight is 354 g/mol. The van der Waals surface area contributed by atoms with E-state index in [0.29, 0.717) is 5.91 Å². The first-order valence-corrected chi connectivity index (χ1v) is 10.4. The summed E-state index contributed by atoms with van der Waals surface area (Å²) < 4.78 is 2.49. The molecule has 4 rings (SSSR count). The Bertz CT molecular complexity index is 773. The van der Waals surface area contributed by atoms with Crippen molar-refractivity contribution < 1.29 is 4.79 Å². The van der Waals surface area contributed by atoms with Crippen LogP contribution in [-0.2, 0) is 24.3 Å². The van der Waals surface area contributed by atoms with Crippen molar-refractivity contribution in [2.75, 3.05) is 13.1 Å². The minimum atomic E-state index is -0.0597. The van der Waals surface area contributed by atoms with Crippen LogP contribution in [0.2, 0.25) is 0 Å². The first kappa shape index (κ1) is 17.6. The van der Waals surface area contributed by atoms with Crippen molar-refractivity contribution in [2.45, 2.75) is 71.0 Å². The lowest BCUT2D eigenvalue weighted by molar-refractivity contribution is -0.134. The molecular weight excluding hydrogens is 322 g/mol. The van der Waals surface area contributed by atoms with E-state index in [4.69, 9.17) is 0 Å². The van der Waals surface area contributed by atoms with Gasteiger partial charge in [-0.05, 0) is 43.7 Å². The number of hydrogen-bond acceptors (Lipinski definition) is 2. The first-order valence-electron chi connectivity index (χ1n) is 10.4. The maximum Gasteiger partial charge on any atom is 0.240 e. The Morgan fingerprint density at radius 2 is 1.96 bits per heavy atom. The van der Waals surface area contributed by atoms with E-state index in [2.05, 4.69) is 46.0 Å². The summed E-state index contributed by atoms with van der Waals surface area (Å²) in [6.07, 6.45) is 8.12. The van der Waals surface area contributed by atoms with E-state index in [0.717, 1.165) is 45.4 Å². The number of nitrogens with one attached hydrogen (secondary N) is 1. The second-order valence-electron chi connectivity index (χ2n) is 7.82. The molecule has 2 aliphatic heterocycles. The van der Waals surface area contributed by atoms with Crippen LogP contribution >= 0.6 is 0 Å². The molecule has 0 unspecified atom stereocenters. The lowest BCUT2D eigenvalue weighted by Crippen LogP contribution is -2.50. The maximum atomic E-state index is 13.0. The minimum Gasteiger partial charge on any atom is -0.343 e. The highest BCUT2D eigenvalue weighted by molar-refractivity contribution is 5.88. The molecule has 0 spiro atoms. The van der Waals surface area contributed by atoms with Gasteiger partial charge in [0.05, 0.1) is 6.04 Å². The molecule has 0 bridgehead atoms. The molecular formula is C22H31N3O. The van der Waals surface area contributed by atoms with Crippen LogP contribution in [-0.4, -0.2) is 34.5 Å². The number of nitrogens with zero attached hydrogens (tertiary/aromatic N) is 2. The van der Waals surface area contributed by atoms with Gasteiger partial charge in [-0.15, -0.1) is 0 Å². The number of amides is 1. The van der Waals surface area contributed by atoms with Crippen molar-refractivity contribution in [3.63, 3.8) is 0 Å². The molecule has 3 heterocycles. The molecule has 0 radical (unpaired) electrons. The van der Waals surface area contributed by atoms with Crippen molar-refractivity contribution in [1.29, 1.82) is 0 Å². The number of rotatable bonds is 5. The topological polar surface area (TPSA) is 37.3 Å². The molecule has 1 amide bonds. The lowest BCUT2D eigenvalue weighted by Gasteiger charge is -2.33. The predicted molar refractivity (Wildman–Crippen MR) is 106 cm³/mol. The first-order chi connectivity index (χ1) is 12.8. The summed E-state index contributed by atoms with van der Waals surface area (Å²) in [5.41, 5.74) is 4.12. The SMILES string of the molecule is CCCCCn1c2c(c3ccccc31)C[C@@H](C(=O)N1CCCCC1)NC2. The van der Waals surface area contributed by atoms with Crippen LogP contribution in [0.15, 0.2) is 24.3 Å². The normalized spacial score (nSPS) is 20.3. The predicted octanol–water partition coefficient (Wildman–Crippen LogP) is 3.86. The molecule has 1 aromatic carbocycles. The zero-order chi connectivity index (χ0) is 17.9. The second kappa shape index (κ2) is 7.83. The van der Waals surface area contributed by atoms with E-state index in [1.807, 2.05) is 0 Å². The van der Waals surface area contributed by atoms with Gasteiger partial charge in [-0.2, -0.15) is 0 Å². The zero-order valence-electron chi connectivity index (χ0n) is 16.0. The third-order valence-electron chi connectivity index (χ3n) is 6.07. The molecule has 4 nitrogen and oxygen atoms in total. The second-order valence-corrected chi connectivity index (χ2v) is 7.82. The number of benzene rings is 1. The van der Waals surface area contributed by atoms with Gasteiger partial charge in [0.2, 0.25) is 5.91 Å². The fourth-order valence-corrected chi connectivity index (χ4v) is 4.64. The van der Waals surface area contributed by atoms with Gasteiger partial charge in [-0.25, -0.2) is 0 Å². The van der Waals surface area contributed by atoms with E-state index < -0.39 is 0 Å². The average Bonchev–Trinajstić information content (AvgIpc) is 3.02. The smallest absolute Gasteiger partial charge is 0.240 e. The monoisotopic (exact) mass is 353 g/mol. The van der Waals surface area contributed by atoms with Crippen molar-refractivity contribution >= 4 is 16.8 Å². The van der Waals surface area contributed by atoms with Gasteiger partial charge >= 0.3 is 0 Å². The number of unbranched alkanes of at least 4 members (excludes halogenated alkanes) is 2. The van der Waals surface area contributed by atoms with E-state index >= 15 is 0 Å². The third-order valence-corrected chi connectivity index (χ3v) is 6.07. The summed E-state index contributed by atoms with van der Waals surface area (Å²) in [4.78, 5) is 15.0. The van der Waals surface area contributed by atoms with E-state index in [1.54, 1.807) is 0 Å². The van der Waals surface area contributed by atoms with Gasteiger partial charge in [-0.1, -0.05) is 38.0 Å². The standard InChI is InChI=1S/C22H31N3O/c1-2-3-7-14-25-20-11-6-5-10-17(20)18-15-19(23-16-21(18)25)22(26)24-12-8-4-9-13-24/h5-6,10-11,19,23H,2-4,7-9,12-16H2,1H3/t19-/m0/s1. The maximum absolute atomic E-state index is 13.0. The molecule has 1 saturated heterocycles. The molecule has 2 aliphatic rings. The number of likely N-dealkylation sites (tertiary alicyclic amines) is 1. The number of aryl methyl sites for hydroxylation is 1. The highest BCUT2D eigenvalue weighted by Crippen LogP contribution is 2.31. The molecule has 1 atom stereocenters. The third kappa shape index (κ3) is 3.27. The molecule has 1 aromatic heterocycles. The summed E-state index contributed by atoms with van der Waals surface area (Å²) in [5, 5.41) is 4.90. The summed E-state index contributed by atoms with van der Waals surface area (Å²) in [6.45, 7) is 6.00. The molecule has 140 valence electrons. The highest BCUT2D eigenvalue weighted by Gasteiger charge is 2.31. The van der Waals surface area contributed by atoms with E-state index in [9.17, 15) is 4.79 Å². The van der Waals surface area contributed by atoms with Gasteiger partial charge in [0.1, 0.15) is 0 Å². The summed E-state index contributed by atoms with van der Waals surface area (Å²) in [5.74, 6) is 0.304.